The Bertz CT molecular complexity index is 1070. The van der Waals surface area contributed by atoms with E-state index in [0.717, 1.165) is 5.41 Å². The van der Waals surface area contributed by atoms with Crippen molar-refractivity contribution >= 4 is 27.6 Å². The average Bonchev–Trinajstić information content (AvgIpc) is 2.76. The number of nitrogens with one attached hydrogen (secondary N) is 1. The van der Waals surface area contributed by atoms with Crippen LogP contribution in [-0.2, 0) is 20.4 Å². The van der Waals surface area contributed by atoms with E-state index in [0.29, 0.717) is 39.8 Å². The van der Waals surface area contributed by atoms with Gasteiger partial charge in [0.25, 0.3) is 0 Å². The quantitative estimate of drug-likeness (QED) is 0.515. The summed E-state index contributed by atoms with van der Waals surface area (Å²) < 4.78 is 46.6. The van der Waals surface area contributed by atoms with Gasteiger partial charge in [0, 0.05) is 17.5 Å². The number of hydrogen-bond donors (Lipinski definition) is 2. The van der Waals surface area contributed by atoms with Crippen molar-refractivity contribution in [2.45, 2.75) is 18.7 Å². The van der Waals surface area contributed by atoms with Gasteiger partial charge >= 0.3 is 5.97 Å². The second-order valence-corrected chi connectivity index (χ2v) is 8.68. The first-order chi connectivity index (χ1) is 15.1. The van der Waals surface area contributed by atoms with E-state index >= 15 is 0 Å². The van der Waals surface area contributed by atoms with Crippen molar-refractivity contribution in [3.8, 4) is 23.0 Å². The number of methoxy groups -OCH3 is 4. The van der Waals surface area contributed by atoms with E-state index in [1.54, 1.807) is 30.3 Å². The fourth-order valence-corrected chi connectivity index (χ4v) is 3.99. The molecule has 0 saturated carbocycles. The first-order valence-electron chi connectivity index (χ1n) is 9.51. The first-order valence-corrected chi connectivity index (χ1v) is 11.2. The summed E-state index contributed by atoms with van der Waals surface area (Å²) in [6.45, 7) is 1.48. The van der Waals surface area contributed by atoms with Crippen LogP contribution in [0.15, 0.2) is 35.7 Å². The summed E-state index contributed by atoms with van der Waals surface area (Å²) in [5.41, 5.74) is 1.30. The molecule has 0 spiro atoms. The number of rotatable bonds is 11. The van der Waals surface area contributed by atoms with Crippen molar-refractivity contribution in [2.75, 3.05) is 33.8 Å². The third-order valence-electron chi connectivity index (χ3n) is 4.57. The molecule has 0 radical (unpaired) electrons. The van der Waals surface area contributed by atoms with Crippen LogP contribution in [0.2, 0.25) is 0 Å². The van der Waals surface area contributed by atoms with Gasteiger partial charge in [-0.3, -0.25) is 4.79 Å². The normalized spacial score (nSPS) is 12.3. The Morgan fingerprint density at radius 1 is 1.00 bits per heavy atom. The minimum atomic E-state index is -3.69. The molecule has 0 aliphatic heterocycles. The topological polar surface area (TPSA) is 120 Å². The van der Waals surface area contributed by atoms with Crippen LogP contribution in [0.4, 0.5) is 5.69 Å². The zero-order valence-corrected chi connectivity index (χ0v) is 19.4. The summed E-state index contributed by atoms with van der Waals surface area (Å²) in [5.74, 6) is 0.354. The van der Waals surface area contributed by atoms with Gasteiger partial charge in [-0.15, -0.1) is 0 Å². The molecule has 9 nitrogen and oxygen atoms in total. The Labute approximate surface area is 187 Å². The lowest BCUT2D eigenvalue weighted by atomic mass is 10.1. The Balaban J connectivity index is 2.33. The van der Waals surface area contributed by atoms with Gasteiger partial charge in [0.1, 0.15) is 29.0 Å². The van der Waals surface area contributed by atoms with Crippen LogP contribution in [0.5, 0.6) is 23.0 Å². The van der Waals surface area contributed by atoms with Crippen molar-refractivity contribution in [2.24, 2.45) is 0 Å². The van der Waals surface area contributed by atoms with E-state index in [9.17, 15) is 13.2 Å². The number of sulfone groups is 1. The van der Waals surface area contributed by atoms with Crippen LogP contribution in [0.25, 0.3) is 6.08 Å². The Kier molecular flexibility index (Phi) is 8.36. The van der Waals surface area contributed by atoms with E-state index in [1.165, 1.54) is 41.4 Å². The predicted octanol–water partition coefficient (Wildman–Crippen LogP) is 3.19. The van der Waals surface area contributed by atoms with Crippen molar-refractivity contribution in [1.82, 2.24) is 0 Å². The minimum Gasteiger partial charge on any atom is -0.496 e. The number of carboxylic acid groups (broad SMARTS) is 1. The number of carbonyl (C=O) groups is 1. The van der Waals surface area contributed by atoms with Crippen LogP contribution in [0, 0.1) is 0 Å². The maximum atomic E-state index is 12.8. The Hall–Kier alpha value is -3.40. The summed E-state index contributed by atoms with van der Waals surface area (Å²) in [5, 5.41) is 13.0. The van der Waals surface area contributed by atoms with Gasteiger partial charge in [-0.2, -0.15) is 0 Å². The van der Waals surface area contributed by atoms with Gasteiger partial charge in [-0.1, -0.05) is 6.07 Å². The number of ether oxygens (including phenoxy) is 4. The highest BCUT2D eigenvalue weighted by molar-refractivity contribution is 7.93. The van der Waals surface area contributed by atoms with Crippen LogP contribution in [0.1, 0.15) is 18.1 Å². The zero-order valence-electron chi connectivity index (χ0n) is 18.5. The number of benzene rings is 2. The van der Waals surface area contributed by atoms with Crippen molar-refractivity contribution in [3.05, 3.63) is 46.9 Å². The maximum Gasteiger partial charge on any atom is 0.325 e. The average molecular weight is 466 g/mol. The highest BCUT2D eigenvalue weighted by Crippen LogP contribution is 2.35. The van der Waals surface area contributed by atoms with Crippen LogP contribution < -0.4 is 24.3 Å². The molecule has 0 amide bonds. The summed E-state index contributed by atoms with van der Waals surface area (Å²) in [4.78, 5) is 11.1. The predicted molar refractivity (Wildman–Crippen MR) is 121 cm³/mol. The van der Waals surface area contributed by atoms with Crippen LogP contribution >= 0.6 is 0 Å². The minimum absolute atomic E-state index is 0.301. The van der Waals surface area contributed by atoms with E-state index in [-0.39, 0.29) is 5.75 Å². The lowest BCUT2D eigenvalue weighted by Crippen LogP contribution is -2.25. The molecule has 174 valence electrons. The van der Waals surface area contributed by atoms with E-state index < -0.39 is 21.8 Å². The molecule has 2 rings (SSSR count). The molecule has 0 aliphatic rings. The van der Waals surface area contributed by atoms with Gasteiger partial charge in [0.15, 0.2) is 9.84 Å². The fourth-order valence-electron chi connectivity index (χ4n) is 2.90. The van der Waals surface area contributed by atoms with Crippen molar-refractivity contribution < 1.29 is 37.3 Å². The van der Waals surface area contributed by atoms with Gasteiger partial charge < -0.3 is 29.4 Å². The third-order valence-corrected chi connectivity index (χ3v) is 5.86. The largest absolute Gasteiger partial charge is 0.496 e. The molecule has 2 aromatic carbocycles. The molecule has 2 aromatic rings. The van der Waals surface area contributed by atoms with Gasteiger partial charge in [-0.25, -0.2) is 8.42 Å². The summed E-state index contributed by atoms with van der Waals surface area (Å²) in [6.07, 6.45) is 1.40. The van der Waals surface area contributed by atoms with E-state index in [1.807, 2.05) is 0 Å². The van der Waals surface area contributed by atoms with E-state index in [4.69, 9.17) is 24.1 Å². The summed E-state index contributed by atoms with van der Waals surface area (Å²) >= 11 is 0. The lowest BCUT2D eigenvalue weighted by Gasteiger charge is -2.15. The molecule has 2 N–H and O–H groups in total. The lowest BCUT2D eigenvalue weighted by molar-refractivity contribution is -0.137. The fraction of sp³-hybridized carbons (Fsp3) is 0.318. The maximum absolute atomic E-state index is 12.8. The molecule has 1 atom stereocenters. The number of anilines is 1. The second kappa shape index (κ2) is 10.8. The zero-order chi connectivity index (χ0) is 23.9. The Morgan fingerprint density at radius 2 is 1.59 bits per heavy atom. The first kappa shape index (κ1) is 24.9. The van der Waals surface area contributed by atoms with Crippen LogP contribution in [-0.4, -0.2) is 54.0 Å². The van der Waals surface area contributed by atoms with Gasteiger partial charge in [0.2, 0.25) is 0 Å². The van der Waals surface area contributed by atoms with Gasteiger partial charge in [0.05, 0.1) is 45.4 Å². The molecule has 10 heteroatoms. The molecular weight excluding hydrogens is 438 g/mol. The highest BCUT2D eigenvalue weighted by Gasteiger charge is 2.17. The molecule has 0 aromatic heterocycles. The van der Waals surface area contributed by atoms with Crippen molar-refractivity contribution in [1.29, 1.82) is 0 Å². The molecule has 32 heavy (non-hydrogen) atoms. The Morgan fingerprint density at radius 3 is 2.09 bits per heavy atom. The highest BCUT2D eigenvalue weighted by atomic mass is 32.2. The SMILES string of the molecule is COc1cc(OC)c(C=CS(=O)(=O)Cc2ccc(OC)c(N[C@H](C)C(=O)O)c2)c(OC)c1. The molecule has 0 heterocycles. The second-order valence-electron chi connectivity index (χ2n) is 6.79. The summed E-state index contributed by atoms with van der Waals surface area (Å²) in [7, 11) is 2.19. The molecular formula is C22H27NO8S. The summed E-state index contributed by atoms with van der Waals surface area (Å²) in [6, 6.07) is 7.11. The molecule has 0 saturated heterocycles. The standard InChI is InChI=1S/C22H27NO8S/c1-14(22(24)25)23-18-10-15(6-7-19(18)29-3)13-32(26,27)9-8-17-20(30-4)11-16(28-2)12-21(17)31-5/h6-12,14,23H,13H2,1-5H3,(H,24,25)/t14-/m1/s1. The number of carboxylic acids is 1. The van der Waals surface area contributed by atoms with E-state index in [2.05, 4.69) is 5.32 Å². The molecule has 0 unspecified atom stereocenters. The third kappa shape index (κ3) is 6.30. The number of aliphatic carboxylic acids is 1. The van der Waals surface area contributed by atoms with Gasteiger partial charge in [-0.05, 0) is 30.7 Å². The monoisotopic (exact) mass is 465 g/mol. The number of hydrogen-bond acceptors (Lipinski definition) is 8. The van der Waals surface area contributed by atoms with Crippen molar-refractivity contribution in [3.63, 3.8) is 0 Å². The molecule has 0 fully saturated rings. The molecule has 0 aliphatic carbocycles. The smallest absolute Gasteiger partial charge is 0.325 e. The van der Waals surface area contributed by atoms with Crippen LogP contribution in [0.3, 0.4) is 0 Å². The molecule has 0 bridgehead atoms.